The fourth-order valence-electron chi connectivity index (χ4n) is 4.21. The molecule has 2 heterocycles. The summed E-state index contributed by atoms with van der Waals surface area (Å²) in [6.07, 6.45) is 8.24. The van der Waals surface area contributed by atoms with Crippen LogP contribution in [0.2, 0.25) is 5.02 Å². The first-order valence-corrected chi connectivity index (χ1v) is 13.1. The number of hydrogen-bond donors (Lipinski definition) is 1. The second-order valence-corrected chi connectivity index (χ2v) is 10.2. The molecule has 0 spiro atoms. The molecule has 0 aromatic carbocycles. The lowest BCUT2D eigenvalue weighted by Crippen LogP contribution is -2.22. The molecule has 33 heavy (non-hydrogen) atoms. The van der Waals surface area contributed by atoms with Gasteiger partial charge in [0.15, 0.2) is 0 Å². The van der Waals surface area contributed by atoms with Gasteiger partial charge in [0.25, 0.3) is 0 Å². The summed E-state index contributed by atoms with van der Waals surface area (Å²) in [4.78, 5) is 9.07. The number of halogens is 2. The first-order valence-electron chi connectivity index (χ1n) is 12.7. The zero-order valence-corrected chi connectivity index (χ0v) is 22.3. The molecule has 2 aromatic heterocycles. The quantitative estimate of drug-likeness (QED) is 0.276. The summed E-state index contributed by atoms with van der Waals surface area (Å²) in [6, 6.07) is -0.252. The van der Waals surface area contributed by atoms with Crippen molar-refractivity contribution in [2.75, 3.05) is 5.32 Å². The van der Waals surface area contributed by atoms with Crippen LogP contribution in [-0.2, 0) is 6.42 Å². The Morgan fingerprint density at radius 2 is 1.82 bits per heavy atom. The number of aryl methyl sites for hydroxylation is 1. The predicted octanol–water partition coefficient (Wildman–Crippen LogP) is 8.35. The topological polar surface area (TPSA) is 55.6 Å². The standard InChI is InChI=1S/C26H43ClFN5/c1-8-10-11-15-23(21(28)9-2)33-19(7)25(22(32-33)14-12-13-17(3)4)31-26-29-16-20(27)24(30-26)18(5)6/h16-18,21,23H,8-15H2,1-7H3,(H,29,30,31). The third-order valence-electron chi connectivity index (χ3n) is 6.20. The van der Waals surface area contributed by atoms with Crippen molar-refractivity contribution in [1.82, 2.24) is 19.7 Å². The van der Waals surface area contributed by atoms with Gasteiger partial charge in [-0.15, -0.1) is 0 Å². The van der Waals surface area contributed by atoms with Crippen LogP contribution in [0.1, 0.15) is 116 Å². The largest absolute Gasteiger partial charge is 0.321 e. The van der Waals surface area contributed by atoms with E-state index in [4.69, 9.17) is 16.7 Å². The van der Waals surface area contributed by atoms with Crippen LogP contribution in [0.3, 0.4) is 0 Å². The molecule has 0 amide bonds. The highest BCUT2D eigenvalue weighted by Crippen LogP contribution is 2.33. The van der Waals surface area contributed by atoms with Crippen LogP contribution in [0.25, 0.3) is 0 Å². The Balaban J connectivity index is 2.44. The molecule has 186 valence electrons. The highest BCUT2D eigenvalue weighted by Gasteiger charge is 2.27. The number of rotatable bonds is 14. The number of hydrogen-bond acceptors (Lipinski definition) is 4. The van der Waals surface area contributed by atoms with Crippen LogP contribution in [0, 0.1) is 12.8 Å². The zero-order chi connectivity index (χ0) is 24.5. The van der Waals surface area contributed by atoms with E-state index in [2.05, 4.69) is 49.9 Å². The van der Waals surface area contributed by atoms with E-state index in [9.17, 15) is 0 Å². The molecule has 0 radical (unpaired) electrons. The first kappa shape index (κ1) is 27.6. The molecular weight excluding hydrogens is 437 g/mol. The predicted molar refractivity (Wildman–Crippen MR) is 138 cm³/mol. The fourth-order valence-corrected chi connectivity index (χ4v) is 4.52. The number of alkyl halides is 1. The van der Waals surface area contributed by atoms with Gasteiger partial charge >= 0.3 is 0 Å². The van der Waals surface area contributed by atoms with Gasteiger partial charge in [-0.2, -0.15) is 5.10 Å². The van der Waals surface area contributed by atoms with Gasteiger partial charge in [0.1, 0.15) is 6.17 Å². The minimum absolute atomic E-state index is 0.190. The maximum Gasteiger partial charge on any atom is 0.227 e. The van der Waals surface area contributed by atoms with Crippen molar-refractivity contribution in [2.45, 2.75) is 118 Å². The molecule has 0 aliphatic carbocycles. The minimum atomic E-state index is -0.920. The third kappa shape index (κ3) is 7.66. The van der Waals surface area contributed by atoms with Gasteiger partial charge in [-0.3, -0.25) is 4.68 Å². The molecule has 0 saturated carbocycles. The SMILES string of the molecule is CCCCCC(C(F)CC)n1nc(CCCC(C)C)c(Nc2ncc(Cl)c(C(C)C)n2)c1C. The second-order valence-electron chi connectivity index (χ2n) is 9.83. The Hall–Kier alpha value is -1.69. The molecule has 0 aliphatic rings. The van der Waals surface area contributed by atoms with Crippen molar-refractivity contribution in [2.24, 2.45) is 5.92 Å². The zero-order valence-electron chi connectivity index (χ0n) is 21.6. The highest BCUT2D eigenvalue weighted by molar-refractivity contribution is 6.31. The molecule has 5 nitrogen and oxygen atoms in total. The maximum atomic E-state index is 15.1. The first-order chi connectivity index (χ1) is 15.7. The van der Waals surface area contributed by atoms with Gasteiger partial charge in [-0.05, 0) is 44.4 Å². The van der Waals surface area contributed by atoms with Gasteiger partial charge in [-0.25, -0.2) is 14.4 Å². The Morgan fingerprint density at radius 3 is 2.42 bits per heavy atom. The average Bonchev–Trinajstić information content (AvgIpc) is 3.06. The number of aromatic nitrogens is 4. The molecule has 1 N–H and O–H groups in total. The summed E-state index contributed by atoms with van der Waals surface area (Å²) in [5.41, 5.74) is 3.62. The van der Waals surface area contributed by atoms with E-state index in [0.717, 1.165) is 67.7 Å². The summed E-state index contributed by atoms with van der Waals surface area (Å²) in [7, 11) is 0. The van der Waals surface area contributed by atoms with E-state index in [1.54, 1.807) is 6.20 Å². The highest BCUT2D eigenvalue weighted by atomic mass is 35.5. The van der Waals surface area contributed by atoms with Crippen molar-refractivity contribution < 1.29 is 4.39 Å². The Bertz CT molecular complexity index is 865. The Kier molecular flexibility index (Phi) is 11.1. The molecule has 2 atom stereocenters. The molecule has 2 rings (SSSR count). The van der Waals surface area contributed by atoms with Gasteiger partial charge in [-0.1, -0.05) is 78.8 Å². The minimum Gasteiger partial charge on any atom is -0.321 e. The van der Waals surface area contributed by atoms with Gasteiger partial charge in [0.2, 0.25) is 5.95 Å². The fraction of sp³-hybridized carbons (Fsp3) is 0.731. The molecule has 0 saturated heterocycles. The van der Waals surface area contributed by atoms with Gasteiger partial charge in [0.05, 0.1) is 40.0 Å². The van der Waals surface area contributed by atoms with Crippen molar-refractivity contribution >= 4 is 23.2 Å². The lowest BCUT2D eigenvalue weighted by atomic mass is 10.0. The van der Waals surface area contributed by atoms with E-state index in [-0.39, 0.29) is 12.0 Å². The smallest absolute Gasteiger partial charge is 0.227 e. The molecule has 0 aliphatic heterocycles. The maximum absolute atomic E-state index is 15.1. The van der Waals surface area contributed by atoms with E-state index in [1.165, 1.54) is 0 Å². The molecule has 0 bridgehead atoms. The number of nitrogens with zero attached hydrogens (tertiary/aromatic N) is 4. The molecule has 2 aromatic rings. The molecule has 7 heteroatoms. The average molecular weight is 480 g/mol. The van der Waals surface area contributed by atoms with Gasteiger partial charge < -0.3 is 5.32 Å². The van der Waals surface area contributed by atoms with Crippen LogP contribution < -0.4 is 5.32 Å². The molecule has 2 unspecified atom stereocenters. The third-order valence-corrected chi connectivity index (χ3v) is 6.49. The van der Waals surface area contributed by atoms with Crippen molar-refractivity contribution in [3.05, 3.63) is 28.3 Å². The molecular formula is C26H43ClFN5. The van der Waals surface area contributed by atoms with Crippen molar-refractivity contribution in [3.63, 3.8) is 0 Å². The van der Waals surface area contributed by atoms with Crippen LogP contribution in [0.4, 0.5) is 16.0 Å². The summed E-state index contributed by atoms with van der Waals surface area (Å²) < 4.78 is 17.0. The van der Waals surface area contributed by atoms with Gasteiger partial charge in [0, 0.05) is 0 Å². The van der Waals surface area contributed by atoms with E-state index >= 15 is 4.39 Å². The number of unbranched alkanes of at least 4 members (excludes halogenated alkanes) is 2. The summed E-state index contributed by atoms with van der Waals surface area (Å²) in [5.74, 6) is 1.33. The number of nitrogens with one attached hydrogen (secondary N) is 1. The van der Waals surface area contributed by atoms with E-state index in [1.807, 2.05) is 18.5 Å². The Morgan fingerprint density at radius 1 is 1.09 bits per heavy atom. The summed E-state index contributed by atoms with van der Waals surface area (Å²) in [5, 5.41) is 8.94. The lowest BCUT2D eigenvalue weighted by Gasteiger charge is -2.22. The summed E-state index contributed by atoms with van der Waals surface area (Å²) in [6.45, 7) is 14.7. The summed E-state index contributed by atoms with van der Waals surface area (Å²) >= 11 is 6.30. The van der Waals surface area contributed by atoms with Crippen LogP contribution >= 0.6 is 11.6 Å². The monoisotopic (exact) mass is 479 g/mol. The second kappa shape index (κ2) is 13.3. The van der Waals surface area contributed by atoms with Crippen LogP contribution in [0.5, 0.6) is 0 Å². The van der Waals surface area contributed by atoms with Crippen LogP contribution in [0.15, 0.2) is 6.20 Å². The van der Waals surface area contributed by atoms with Crippen molar-refractivity contribution in [3.8, 4) is 0 Å². The Labute approximate surface area is 204 Å². The lowest BCUT2D eigenvalue weighted by molar-refractivity contribution is 0.194. The van der Waals surface area contributed by atoms with E-state index < -0.39 is 6.17 Å². The van der Waals surface area contributed by atoms with E-state index in [0.29, 0.717) is 23.3 Å². The molecule has 0 fully saturated rings. The number of anilines is 2. The van der Waals surface area contributed by atoms with Crippen LogP contribution in [-0.4, -0.2) is 25.9 Å². The normalized spacial score (nSPS) is 13.7. The van der Waals surface area contributed by atoms with Crippen molar-refractivity contribution in [1.29, 1.82) is 0 Å².